The Bertz CT molecular complexity index is 1400. The Balaban J connectivity index is 0.000000676. The predicted molar refractivity (Wildman–Crippen MR) is 150 cm³/mol. The molecule has 4 aromatic rings. The van der Waals surface area contributed by atoms with Gasteiger partial charge >= 0.3 is 0 Å². The lowest BCUT2D eigenvalue weighted by Crippen LogP contribution is -2.44. The van der Waals surface area contributed by atoms with Crippen LogP contribution in [0.15, 0.2) is 73.3 Å². The number of benzene rings is 1. The number of nitrogens with one attached hydrogen (secondary N) is 3. The molecule has 0 fully saturated rings. The van der Waals surface area contributed by atoms with Crippen molar-refractivity contribution in [3.63, 3.8) is 0 Å². The first-order valence-electron chi connectivity index (χ1n) is 12.3. The lowest BCUT2D eigenvalue weighted by atomic mass is 9.97. The van der Waals surface area contributed by atoms with Crippen LogP contribution < -0.4 is 16.0 Å². The molecule has 0 spiro atoms. The third-order valence-corrected chi connectivity index (χ3v) is 6.02. The van der Waals surface area contributed by atoms with E-state index >= 15 is 0 Å². The molecule has 0 amide bonds. The third-order valence-electron chi connectivity index (χ3n) is 6.02. The van der Waals surface area contributed by atoms with Gasteiger partial charge < -0.3 is 26.2 Å². The molecule has 0 bridgehead atoms. The molecule has 0 radical (unpaired) electrons. The van der Waals surface area contributed by atoms with Crippen LogP contribution in [0.2, 0.25) is 0 Å². The SMILES string of the molecule is Cn1cc(-c2cnc3c(c2)NC[C@H]([C@H](NCCc2ccc(C#N)cn2)c2ccccc2)N3)cn1.O=CO.O=CO. The van der Waals surface area contributed by atoms with E-state index in [-0.39, 0.29) is 25.0 Å². The summed E-state index contributed by atoms with van der Waals surface area (Å²) in [6.07, 6.45) is 8.12. The van der Waals surface area contributed by atoms with Gasteiger partial charge in [0.25, 0.3) is 12.9 Å². The van der Waals surface area contributed by atoms with Crippen LogP contribution >= 0.6 is 0 Å². The Kier molecular flexibility index (Phi) is 11.1. The van der Waals surface area contributed by atoms with Crippen molar-refractivity contribution in [2.45, 2.75) is 18.5 Å². The van der Waals surface area contributed by atoms with E-state index in [2.05, 4.69) is 62.4 Å². The van der Waals surface area contributed by atoms with E-state index in [1.807, 2.05) is 43.8 Å². The number of rotatable bonds is 7. The Morgan fingerprint density at radius 1 is 1.10 bits per heavy atom. The summed E-state index contributed by atoms with van der Waals surface area (Å²) in [7, 11) is 1.91. The number of hydrogen-bond acceptors (Lipinski definition) is 9. The normalized spacial score (nSPS) is 13.8. The monoisotopic (exact) mass is 542 g/mol. The lowest BCUT2D eigenvalue weighted by molar-refractivity contribution is -0.123. The average molecular weight is 543 g/mol. The van der Waals surface area contributed by atoms with Crippen molar-refractivity contribution in [3.8, 4) is 17.2 Å². The number of carboxylic acid groups (broad SMARTS) is 2. The molecule has 12 nitrogen and oxygen atoms in total. The van der Waals surface area contributed by atoms with Gasteiger partial charge in [-0.1, -0.05) is 30.3 Å². The maximum atomic E-state index is 8.97. The van der Waals surface area contributed by atoms with E-state index in [9.17, 15) is 0 Å². The summed E-state index contributed by atoms with van der Waals surface area (Å²) in [5.74, 6) is 0.848. The molecule has 1 aromatic carbocycles. The zero-order valence-electron chi connectivity index (χ0n) is 21.8. The first-order valence-corrected chi connectivity index (χ1v) is 12.3. The van der Waals surface area contributed by atoms with Gasteiger partial charge in [-0.15, -0.1) is 0 Å². The topological polar surface area (TPSA) is 178 Å². The molecular formula is C28H30N8O4. The quantitative estimate of drug-likeness (QED) is 0.217. The molecule has 4 heterocycles. The van der Waals surface area contributed by atoms with Crippen molar-refractivity contribution in [2.75, 3.05) is 23.7 Å². The maximum absolute atomic E-state index is 8.97. The second kappa shape index (κ2) is 15.2. The van der Waals surface area contributed by atoms with E-state index in [0.717, 1.165) is 47.8 Å². The molecule has 0 saturated carbocycles. The molecule has 1 aliphatic rings. The second-order valence-electron chi connectivity index (χ2n) is 8.61. The average Bonchev–Trinajstić information content (AvgIpc) is 3.42. The van der Waals surface area contributed by atoms with Gasteiger partial charge in [0.1, 0.15) is 11.9 Å². The van der Waals surface area contributed by atoms with Gasteiger partial charge in [-0.25, -0.2) is 4.98 Å². The van der Waals surface area contributed by atoms with Crippen LogP contribution in [0.5, 0.6) is 0 Å². The van der Waals surface area contributed by atoms with Crippen molar-refractivity contribution < 1.29 is 19.8 Å². The van der Waals surface area contributed by atoms with Crippen LogP contribution in [0.25, 0.3) is 11.1 Å². The summed E-state index contributed by atoms with van der Waals surface area (Å²) in [5, 5.41) is 37.9. The van der Waals surface area contributed by atoms with Crippen molar-refractivity contribution in [2.24, 2.45) is 7.05 Å². The first-order chi connectivity index (χ1) is 19.5. The number of nitriles is 1. The highest BCUT2D eigenvalue weighted by Gasteiger charge is 2.27. The van der Waals surface area contributed by atoms with E-state index in [1.165, 1.54) is 5.56 Å². The minimum Gasteiger partial charge on any atom is -0.483 e. The molecule has 0 aliphatic carbocycles. The van der Waals surface area contributed by atoms with Crippen molar-refractivity contribution in [3.05, 3.63) is 90.1 Å². The van der Waals surface area contributed by atoms with Gasteiger partial charge in [0.2, 0.25) is 0 Å². The Morgan fingerprint density at radius 2 is 1.85 bits per heavy atom. The highest BCUT2D eigenvalue weighted by molar-refractivity contribution is 5.75. The number of fused-ring (bicyclic) bond motifs is 1. The summed E-state index contributed by atoms with van der Waals surface area (Å²) >= 11 is 0. The number of carbonyl (C=O) groups is 2. The molecule has 5 N–H and O–H groups in total. The number of hydrogen-bond donors (Lipinski definition) is 5. The van der Waals surface area contributed by atoms with Gasteiger partial charge in [0, 0.05) is 62.0 Å². The fourth-order valence-corrected chi connectivity index (χ4v) is 4.24. The Labute approximate surface area is 231 Å². The second-order valence-corrected chi connectivity index (χ2v) is 8.61. The van der Waals surface area contributed by atoms with E-state index in [1.54, 1.807) is 10.9 Å². The van der Waals surface area contributed by atoms with Crippen LogP contribution in [0, 0.1) is 11.3 Å². The molecule has 0 saturated heterocycles. The van der Waals surface area contributed by atoms with Crippen LogP contribution in [0.3, 0.4) is 0 Å². The minimum atomic E-state index is -0.250. The van der Waals surface area contributed by atoms with Gasteiger partial charge in [0.05, 0.1) is 29.5 Å². The maximum Gasteiger partial charge on any atom is 0.290 e. The van der Waals surface area contributed by atoms with Gasteiger partial charge in [-0.3, -0.25) is 19.3 Å². The molecule has 1 aliphatic heterocycles. The first kappa shape index (κ1) is 29.3. The van der Waals surface area contributed by atoms with E-state index < -0.39 is 0 Å². The van der Waals surface area contributed by atoms with Crippen molar-refractivity contribution in [1.82, 2.24) is 25.1 Å². The standard InChI is InChI=1S/C26H26N8.2CH2O2/c1-34-17-21(15-32-34)20-11-23-26(31-14-20)33-24(16-30-23)25(19-5-3-2-4-6-19)28-10-9-22-8-7-18(12-27)13-29-22;2*2-1-3/h2-8,11,13-15,17,24-25,28,30H,9-10,16H2,1H3,(H,31,33);2*1H,(H,2,3)/t24-,25-;;/m1../s1. The van der Waals surface area contributed by atoms with Crippen LogP contribution in [-0.2, 0) is 23.1 Å². The van der Waals surface area contributed by atoms with Gasteiger partial charge in [-0.2, -0.15) is 10.4 Å². The smallest absolute Gasteiger partial charge is 0.290 e. The molecule has 5 rings (SSSR count). The number of aryl methyl sites for hydroxylation is 1. The largest absolute Gasteiger partial charge is 0.483 e. The molecular weight excluding hydrogens is 512 g/mol. The number of anilines is 2. The summed E-state index contributed by atoms with van der Waals surface area (Å²) in [6, 6.07) is 18.6. The minimum absolute atomic E-state index is 0.0834. The summed E-state index contributed by atoms with van der Waals surface area (Å²) in [4.78, 5) is 25.8. The Hall–Kier alpha value is -5.28. The number of nitrogens with zero attached hydrogens (tertiary/aromatic N) is 5. The van der Waals surface area contributed by atoms with Crippen molar-refractivity contribution >= 4 is 24.4 Å². The highest BCUT2D eigenvalue weighted by Crippen LogP contribution is 2.32. The Morgan fingerprint density at radius 3 is 2.48 bits per heavy atom. The zero-order valence-corrected chi connectivity index (χ0v) is 21.8. The molecule has 12 heteroatoms. The summed E-state index contributed by atoms with van der Waals surface area (Å²) < 4.78 is 1.79. The van der Waals surface area contributed by atoms with Gasteiger partial charge in [0.15, 0.2) is 0 Å². The molecule has 206 valence electrons. The fourth-order valence-electron chi connectivity index (χ4n) is 4.24. The summed E-state index contributed by atoms with van der Waals surface area (Å²) in [6.45, 7) is 1.02. The fraction of sp³-hybridized carbons (Fsp3) is 0.214. The predicted octanol–water partition coefficient (Wildman–Crippen LogP) is 2.93. The van der Waals surface area contributed by atoms with E-state index in [0.29, 0.717) is 5.56 Å². The third kappa shape index (κ3) is 8.11. The van der Waals surface area contributed by atoms with Crippen LogP contribution in [-0.4, -0.2) is 62.0 Å². The van der Waals surface area contributed by atoms with Gasteiger partial charge in [-0.05, 0) is 23.8 Å². The van der Waals surface area contributed by atoms with Crippen molar-refractivity contribution in [1.29, 1.82) is 5.26 Å². The summed E-state index contributed by atoms with van der Waals surface area (Å²) in [5.41, 5.74) is 5.82. The molecule has 0 unspecified atom stereocenters. The molecule has 3 aromatic heterocycles. The highest BCUT2D eigenvalue weighted by atomic mass is 16.3. The zero-order chi connectivity index (χ0) is 28.7. The number of pyridine rings is 2. The molecule has 2 atom stereocenters. The van der Waals surface area contributed by atoms with Crippen LogP contribution in [0.4, 0.5) is 11.5 Å². The molecule has 40 heavy (non-hydrogen) atoms. The van der Waals surface area contributed by atoms with Crippen LogP contribution in [0.1, 0.15) is 22.9 Å². The lowest BCUT2D eigenvalue weighted by Gasteiger charge is -2.34. The van der Waals surface area contributed by atoms with E-state index in [4.69, 9.17) is 30.0 Å². The number of aromatic nitrogens is 4.